The Morgan fingerprint density at radius 2 is 2.04 bits per heavy atom. The van der Waals surface area contributed by atoms with Crippen LogP contribution in [-0.2, 0) is 0 Å². The van der Waals surface area contributed by atoms with Crippen LogP contribution in [0.15, 0.2) is 16.8 Å². The van der Waals surface area contributed by atoms with Crippen LogP contribution in [0.3, 0.4) is 0 Å². The van der Waals surface area contributed by atoms with Crippen molar-refractivity contribution in [2.75, 3.05) is 33.2 Å². The molecule has 1 N–H and O–H groups in total. The third-order valence-electron chi connectivity index (χ3n) is 4.32. The van der Waals surface area contributed by atoms with Gasteiger partial charge in [-0.1, -0.05) is 11.3 Å². The maximum Gasteiger partial charge on any atom is 0.230 e. The number of rotatable bonds is 3. The summed E-state index contributed by atoms with van der Waals surface area (Å²) < 4.78 is 1.56. The smallest absolute Gasteiger partial charge is 0.230 e. The van der Waals surface area contributed by atoms with Crippen molar-refractivity contribution in [3.05, 3.63) is 33.1 Å². The fourth-order valence-electron chi connectivity index (χ4n) is 3.06. The number of fused-ring (bicyclic) bond motifs is 1. The summed E-state index contributed by atoms with van der Waals surface area (Å²) in [4.78, 5) is 10.9. The molecule has 23 heavy (non-hydrogen) atoms. The van der Waals surface area contributed by atoms with Crippen LogP contribution in [0.4, 0.5) is 0 Å². The maximum atomic E-state index is 10.7. The molecule has 1 atom stereocenters. The molecular weight excluding hydrogens is 330 g/mol. The van der Waals surface area contributed by atoms with Crippen molar-refractivity contribution in [3.63, 3.8) is 0 Å². The van der Waals surface area contributed by atoms with Crippen molar-refractivity contribution in [2.45, 2.75) is 13.0 Å². The van der Waals surface area contributed by atoms with Crippen molar-refractivity contribution in [1.82, 2.24) is 24.4 Å². The number of thiophene rings is 1. The summed E-state index contributed by atoms with van der Waals surface area (Å²) in [6.07, 6.45) is 0. The van der Waals surface area contributed by atoms with E-state index < -0.39 is 0 Å². The molecule has 6 nitrogen and oxygen atoms in total. The largest absolute Gasteiger partial charge is 0.492 e. The third-order valence-corrected chi connectivity index (χ3v) is 6.09. The predicted molar refractivity (Wildman–Crippen MR) is 92.5 cm³/mol. The van der Waals surface area contributed by atoms with E-state index in [4.69, 9.17) is 0 Å². The highest BCUT2D eigenvalue weighted by Gasteiger charge is 2.31. The molecule has 4 rings (SSSR count). The quantitative estimate of drug-likeness (QED) is 0.786. The lowest BCUT2D eigenvalue weighted by atomic mass is 10.1. The molecule has 4 heterocycles. The summed E-state index contributed by atoms with van der Waals surface area (Å²) in [6.45, 7) is 5.91. The minimum absolute atomic E-state index is 0.0729. The highest BCUT2D eigenvalue weighted by molar-refractivity contribution is 7.17. The zero-order valence-corrected chi connectivity index (χ0v) is 14.8. The normalized spacial score (nSPS) is 18.7. The van der Waals surface area contributed by atoms with Gasteiger partial charge < -0.3 is 10.0 Å². The van der Waals surface area contributed by atoms with Crippen LogP contribution in [0.1, 0.15) is 22.3 Å². The second-order valence-electron chi connectivity index (χ2n) is 5.94. The molecule has 0 amide bonds. The van der Waals surface area contributed by atoms with Gasteiger partial charge in [-0.3, -0.25) is 4.90 Å². The SMILES string of the molecule is Cc1nc2sc(C(c3ccsc3)N3CCN(C)CC3)c(O)n2n1. The first-order valence-corrected chi connectivity index (χ1v) is 9.39. The van der Waals surface area contributed by atoms with Gasteiger partial charge >= 0.3 is 0 Å². The highest BCUT2D eigenvalue weighted by Crippen LogP contribution is 2.40. The van der Waals surface area contributed by atoms with E-state index in [0.717, 1.165) is 36.0 Å². The van der Waals surface area contributed by atoms with E-state index in [9.17, 15) is 5.11 Å². The summed E-state index contributed by atoms with van der Waals surface area (Å²) >= 11 is 3.23. The first-order valence-electron chi connectivity index (χ1n) is 7.63. The molecule has 0 bridgehead atoms. The Bertz CT molecular complexity index is 801. The van der Waals surface area contributed by atoms with E-state index in [2.05, 4.69) is 43.8 Å². The molecule has 1 aliphatic rings. The number of aromatic hydroxyl groups is 1. The predicted octanol–water partition coefficient (Wildman–Crippen LogP) is 2.20. The fourth-order valence-corrected chi connectivity index (χ4v) is 4.91. The standard InChI is InChI=1S/C15H19N5OS2/c1-10-16-15-20(17-10)14(21)13(23-15)12(11-3-8-22-9-11)19-6-4-18(2)5-7-19/h3,8-9,12,21H,4-7H2,1-2H3. The Morgan fingerprint density at radius 1 is 1.26 bits per heavy atom. The number of aryl methyl sites for hydroxylation is 1. The average Bonchev–Trinajstić information content (AvgIpc) is 3.22. The minimum atomic E-state index is 0.0729. The van der Waals surface area contributed by atoms with Gasteiger partial charge in [0.2, 0.25) is 10.8 Å². The summed E-state index contributed by atoms with van der Waals surface area (Å²) in [5, 5.41) is 19.3. The van der Waals surface area contributed by atoms with Crippen molar-refractivity contribution in [2.24, 2.45) is 0 Å². The zero-order chi connectivity index (χ0) is 16.0. The number of hydrogen-bond donors (Lipinski definition) is 1. The Kier molecular flexibility index (Phi) is 3.84. The first-order chi connectivity index (χ1) is 11.1. The Labute approximate surface area is 142 Å². The van der Waals surface area contributed by atoms with Crippen LogP contribution in [0.25, 0.3) is 4.96 Å². The lowest BCUT2D eigenvalue weighted by molar-refractivity contribution is 0.127. The van der Waals surface area contributed by atoms with E-state index in [1.807, 2.05) is 6.92 Å². The van der Waals surface area contributed by atoms with Crippen molar-refractivity contribution >= 4 is 27.6 Å². The first kappa shape index (κ1) is 15.1. The molecule has 1 unspecified atom stereocenters. The van der Waals surface area contributed by atoms with Crippen LogP contribution >= 0.6 is 22.7 Å². The molecule has 0 spiro atoms. The molecule has 122 valence electrons. The zero-order valence-electron chi connectivity index (χ0n) is 13.1. The van der Waals surface area contributed by atoms with Gasteiger partial charge in [-0.25, -0.2) is 4.98 Å². The van der Waals surface area contributed by atoms with E-state index in [1.54, 1.807) is 15.9 Å². The molecule has 1 fully saturated rings. The third kappa shape index (κ3) is 2.65. The average molecular weight is 349 g/mol. The molecule has 0 saturated carbocycles. The summed E-state index contributed by atoms with van der Waals surface area (Å²) in [5.41, 5.74) is 1.23. The molecule has 0 radical (unpaired) electrons. The van der Waals surface area contributed by atoms with E-state index >= 15 is 0 Å². The topological polar surface area (TPSA) is 56.9 Å². The van der Waals surface area contributed by atoms with Gasteiger partial charge in [0.05, 0.1) is 10.9 Å². The van der Waals surface area contributed by atoms with Crippen LogP contribution < -0.4 is 0 Å². The van der Waals surface area contributed by atoms with Crippen LogP contribution in [0, 0.1) is 6.92 Å². The summed E-state index contributed by atoms with van der Waals surface area (Å²) in [6, 6.07) is 2.22. The number of piperazine rings is 1. The second-order valence-corrected chi connectivity index (χ2v) is 7.73. The molecule has 1 saturated heterocycles. The minimum Gasteiger partial charge on any atom is -0.492 e. The highest BCUT2D eigenvalue weighted by atomic mass is 32.1. The van der Waals surface area contributed by atoms with E-state index in [0.29, 0.717) is 5.82 Å². The molecule has 0 aromatic carbocycles. The second kappa shape index (κ2) is 5.86. The van der Waals surface area contributed by atoms with Gasteiger partial charge in [-0.15, -0.1) is 5.10 Å². The van der Waals surface area contributed by atoms with Crippen molar-refractivity contribution < 1.29 is 5.11 Å². The van der Waals surface area contributed by atoms with Gasteiger partial charge in [-0.2, -0.15) is 15.9 Å². The summed E-state index contributed by atoms with van der Waals surface area (Å²) in [5.74, 6) is 0.908. The van der Waals surface area contributed by atoms with Crippen molar-refractivity contribution in [3.8, 4) is 5.88 Å². The Balaban J connectivity index is 1.77. The maximum absolute atomic E-state index is 10.7. The molecule has 0 aliphatic carbocycles. The number of hydrogen-bond acceptors (Lipinski definition) is 7. The fraction of sp³-hybridized carbons (Fsp3) is 0.467. The van der Waals surface area contributed by atoms with E-state index in [1.165, 1.54) is 16.9 Å². The van der Waals surface area contributed by atoms with Crippen LogP contribution in [0.5, 0.6) is 5.88 Å². The van der Waals surface area contributed by atoms with Gasteiger partial charge in [0, 0.05) is 26.2 Å². The number of aromatic nitrogens is 3. The monoisotopic (exact) mass is 349 g/mol. The number of thiazole rings is 1. The van der Waals surface area contributed by atoms with Gasteiger partial charge in [0.25, 0.3) is 0 Å². The number of nitrogens with zero attached hydrogens (tertiary/aromatic N) is 5. The lowest BCUT2D eigenvalue weighted by Crippen LogP contribution is -2.46. The lowest BCUT2D eigenvalue weighted by Gasteiger charge is -2.37. The van der Waals surface area contributed by atoms with Gasteiger partial charge in [-0.05, 0) is 36.4 Å². The Hall–Kier alpha value is -1.48. The van der Waals surface area contributed by atoms with Crippen LogP contribution in [-0.4, -0.2) is 62.7 Å². The van der Waals surface area contributed by atoms with Crippen LogP contribution in [0.2, 0.25) is 0 Å². The van der Waals surface area contributed by atoms with Gasteiger partial charge in [0.15, 0.2) is 0 Å². The Morgan fingerprint density at radius 3 is 2.70 bits per heavy atom. The van der Waals surface area contributed by atoms with Gasteiger partial charge in [0.1, 0.15) is 5.82 Å². The van der Waals surface area contributed by atoms with E-state index in [-0.39, 0.29) is 11.9 Å². The molecule has 3 aromatic rings. The van der Waals surface area contributed by atoms with Crippen molar-refractivity contribution in [1.29, 1.82) is 0 Å². The number of likely N-dealkylation sites (N-methyl/N-ethyl adjacent to an activating group) is 1. The molecular formula is C15H19N5OS2. The molecule has 3 aromatic heterocycles. The summed E-state index contributed by atoms with van der Waals surface area (Å²) in [7, 11) is 2.15. The molecule has 8 heteroatoms. The molecule has 1 aliphatic heterocycles.